The van der Waals surface area contributed by atoms with Crippen molar-refractivity contribution in [2.75, 3.05) is 0 Å². The van der Waals surface area contributed by atoms with Crippen LogP contribution in [0.1, 0.15) is 70.4 Å². The molecule has 1 N–H and O–H groups in total. The molecule has 3 heteroatoms. The number of benzene rings is 1. The molecule has 0 atom stereocenters. The Morgan fingerprint density at radius 1 is 1.24 bits per heavy atom. The first-order valence-electron chi connectivity index (χ1n) is 8.07. The van der Waals surface area contributed by atoms with Gasteiger partial charge in [0.25, 0.3) is 0 Å². The molecule has 0 unspecified atom stereocenters. The number of carbonyl (C=O) groups is 1. The number of ether oxygens (including phenoxy) is 1. The molecule has 0 aromatic heterocycles. The lowest BCUT2D eigenvalue weighted by molar-refractivity contribution is -0.134. The highest BCUT2D eigenvalue weighted by molar-refractivity contribution is 5.72. The first-order valence-corrected chi connectivity index (χ1v) is 8.07. The third-order valence-corrected chi connectivity index (χ3v) is 4.67. The summed E-state index contributed by atoms with van der Waals surface area (Å²) in [5.41, 5.74) is 1.79. The van der Waals surface area contributed by atoms with Crippen LogP contribution in [0.3, 0.4) is 0 Å². The van der Waals surface area contributed by atoms with Crippen LogP contribution in [0.15, 0.2) is 12.1 Å². The van der Waals surface area contributed by atoms with Gasteiger partial charge < -0.3 is 9.84 Å². The van der Waals surface area contributed by atoms with E-state index >= 15 is 0 Å². The van der Waals surface area contributed by atoms with E-state index in [-0.39, 0.29) is 11.4 Å². The molecule has 1 saturated carbocycles. The number of esters is 1. The quantitative estimate of drug-likeness (QED) is 0.656. The molecule has 1 fully saturated rings. The van der Waals surface area contributed by atoms with Crippen molar-refractivity contribution in [2.45, 2.75) is 71.1 Å². The molecule has 1 aromatic rings. The van der Waals surface area contributed by atoms with Gasteiger partial charge in [0, 0.05) is 12.0 Å². The number of hydrogen-bond donors (Lipinski definition) is 1. The lowest BCUT2D eigenvalue weighted by Crippen LogP contribution is -2.25. The standard InChI is InChI=1S/C18H26O3/c1-4-13-11-14(21-16(19)5-2)12-15(17(13)20)18(3)9-7-6-8-10-18/h11-12,20H,4-10H2,1-3H3. The Morgan fingerprint density at radius 2 is 1.90 bits per heavy atom. The number of carbonyl (C=O) groups excluding carboxylic acids is 1. The maximum Gasteiger partial charge on any atom is 0.310 e. The molecule has 3 nitrogen and oxygen atoms in total. The molecule has 0 bridgehead atoms. The van der Waals surface area contributed by atoms with Crippen LogP contribution in [0.2, 0.25) is 0 Å². The van der Waals surface area contributed by atoms with E-state index < -0.39 is 0 Å². The third kappa shape index (κ3) is 3.39. The van der Waals surface area contributed by atoms with Crippen LogP contribution in [0.4, 0.5) is 0 Å². The van der Waals surface area contributed by atoms with E-state index in [1.807, 2.05) is 13.0 Å². The van der Waals surface area contributed by atoms with Gasteiger partial charge in [-0.15, -0.1) is 0 Å². The summed E-state index contributed by atoms with van der Waals surface area (Å²) in [6.45, 7) is 6.01. The molecule has 0 amide bonds. The van der Waals surface area contributed by atoms with Gasteiger partial charge in [-0.2, -0.15) is 0 Å². The van der Waals surface area contributed by atoms with Crippen molar-refractivity contribution in [3.05, 3.63) is 23.3 Å². The fraction of sp³-hybridized carbons (Fsp3) is 0.611. The summed E-state index contributed by atoms with van der Waals surface area (Å²) in [5, 5.41) is 10.6. The van der Waals surface area contributed by atoms with Crippen LogP contribution in [0.25, 0.3) is 0 Å². The van der Waals surface area contributed by atoms with Crippen molar-refractivity contribution in [2.24, 2.45) is 0 Å². The van der Waals surface area contributed by atoms with Crippen molar-refractivity contribution >= 4 is 5.97 Å². The number of rotatable bonds is 4. The van der Waals surface area contributed by atoms with Crippen molar-refractivity contribution in [3.8, 4) is 11.5 Å². The zero-order chi connectivity index (χ0) is 15.5. The largest absolute Gasteiger partial charge is 0.507 e. The molecular formula is C18H26O3. The summed E-state index contributed by atoms with van der Waals surface area (Å²) in [6.07, 6.45) is 6.89. The van der Waals surface area contributed by atoms with Gasteiger partial charge in [0.2, 0.25) is 0 Å². The van der Waals surface area contributed by atoms with Crippen molar-refractivity contribution in [1.29, 1.82) is 0 Å². The van der Waals surface area contributed by atoms with Gasteiger partial charge in [-0.1, -0.05) is 40.0 Å². The van der Waals surface area contributed by atoms with E-state index in [0.29, 0.717) is 17.9 Å². The van der Waals surface area contributed by atoms with E-state index in [1.54, 1.807) is 13.0 Å². The number of phenolic OH excluding ortho intramolecular Hbond substituents is 1. The van der Waals surface area contributed by atoms with Crippen molar-refractivity contribution < 1.29 is 14.6 Å². The Morgan fingerprint density at radius 3 is 2.48 bits per heavy atom. The first-order chi connectivity index (χ1) is 10.00. The molecule has 0 spiro atoms. The van der Waals surface area contributed by atoms with Crippen LogP contribution in [0.5, 0.6) is 11.5 Å². The van der Waals surface area contributed by atoms with Crippen LogP contribution >= 0.6 is 0 Å². The molecule has 0 heterocycles. The zero-order valence-corrected chi connectivity index (χ0v) is 13.4. The summed E-state index contributed by atoms with van der Waals surface area (Å²) in [4.78, 5) is 11.5. The first kappa shape index (κ1) is 15.9. The van der Waals surface area contributed by atoms with Crippen molar-refractivity contribution in [3.63, 3.8) is 0 Å². The van der Waals surface area contributed by atoms with E-state index in [9.17, 15) is 9.90 Å². The number of hydrogen-bond acceptors (Lipinski definition) is 3. The molecule has 0 aliphatic heterocycles. The van der Waals surface area contributed by atoms with E-state index in [4.69, 9.17) is 4.74 Å². The molecule has 2 rings (SSSR count). The average molecular weight is 290 g/mol. The van der Waals surface area contributed by atoms with Gasteiger partial charge >= 0.3 is 5.97 Å². The van der Waals surface area contributed by atoms with E-state index in [2.05, 4.69) is 6.92 Å². The summed E-state index contributed by atoms with van der Waals surface area (Å²) >= 11 is 0. The Kier molecular flexibility index (Phi) is 4.92. The highest BCUT2D eigenvalue weighted by Gasteiger charge is 2.32. The Hall–Kier alpha value is -1.51. The lowest BCUT2D eigenvalue weighted by Gasteiger charge is -2.35. The van der Waals surface area contributed by atoms with Gasteiger partial charge in [-0.3, -0.25) is 4.79 Å². The second-order valence-corrected chi connectivity index (χ2v) is 6.28. The third-order valence-electron chi connectivity index (χ3n) is 4.67. The average Bonchev–Trinajstić information content (AvgIpc) is 2.49. The van der Waals surface area contributed by atoms with Crippen LogP contribution in [0, 0.1) is 0 Å². The molecule has 0 radical (unpaired) electrons. The predicted octanol–water partition coefficient (Wildman–Crippen LogP) is 4.49. The summed E-state index contributed by atoms with van der Waals surface area (Å²) in [7, 11) is 0. The monoisotopic (exact) mass is 290 g/mol. The maximum absolute atomic E-state index is 11.5. The highest BCUT2D eigenvalue weighted by atomic mass is 16.5. The summed E-state index contributed by atoms with van der Waals surface area (Å²) in [6, 6.07) is 3.66. The highest BCUT2D eigenvalue weighted by Crippen LogP contribution is 2.45. The summed E-state index contributed by atoms with van der Waals surface area (Å²) in [5.74, 6) is 0.721. The molecule has 21 heavy (non-hydrogen) atoms. The Labute approximate surface area is 127 Å². The topological polar surface area (TPSA) is 46.5 Å². The second-order valence-electron chi connectivity index (χ2n) is 6.28. The van der Waals surface area contributed by atoms with Crippen molar-refractivity contribution in [1.82, 2.24) is 0 Å². The number of aromatic hydroxyl groups is 1. The van der Waals surface area contributed by atoms with Gasteiger partial charge in [-0.25, -0.2) is 0 Å². The molecule has 1 aliphatic carbocycles. The van der Waals surface area contributed by atoms with Crippen LogP contribution in [-0.2, 0) is 16.6 Å². The van der Waals surface area contributed by atoms with Gasteiger partial charge in [-0.05, 0) is 42.4 Å². The minimum atomic E-state index is -0.234. The normalized spacial score (nSPS) is 17.5. The molecular weight excluding hydrogens is 264 g/mol. The molecule has 0 saturated heterocycles. The summed E-state index contributed by atoms with van der Waals surface area (Å²) < 4.78 is 5.39. The van der Waals surface area contributed by atoms with Gasteiger partial charge in [0.05, 0.1) is 0 Å². The minimum absolute atomic E-state index is 0.0130. The second kappa shape index (κ2) is 6.50. The fourth-order valence-electron chi connectivity index (χ4n) is 3.26. The number of aryl methyl sites for hydroxylation is 1. The maximum atomic E-state index is 11.5. The predicted molar refractivity (Wildman–Crippen MR) is 83.8 cm³/mol. The Bertz CT molecular complexity index is 513. The zero-order valence-electron chi connectivity index (χ0n) is 13.4. The number of phenols is 1. The van der Waals surface area contributed by atoms with Crippen LogP contribution < -0.4 is 4.74 Å². The fourth-order valence-corrected chi connectivity index (χ4v) is 3.26. The molecule has 116 valence electrons. The van der Waals surface area contributed by atoms with E-state index in [0.717, 1.165) is 30.4 Å². The van der Waals surface area contributed by atoms with E-state index in [1.165, 1.54) is 19.3 Å². The van der Waals surface area contributed by atoms with Gasteiger partial charge in [0.1, 0.15) is 11.5 Å². The lowest BCUT2D eigenvalue weighted by atomic mass is 9.70. The minimum Gasteiger partial charge on any atom is -0.507 e. The van der Waals surface area contributed by atoms with Gasteiger partial charge in [0.15, 0.2) is 0 Å². The molecule has 1 aliphatic rings. The van der Waals surface area contributed by atoms with Crippen LogP contribution in [-0.4, -0.2) is 11.1 Å². The Balaban J connectivity index is 2.43. The SMILES string of the molecule is CCC(=O)Oc1cc(CC)c(O)c(C2(C)CCCCC2)c1. The molecule has 1 aromatic carbocycles. The smallest absolute Gasteiger partial charge is 0.310 e.